The van der Waals surface area contributed by atoms with E-state index in [0.717, 1.165) is 48.0 Å². The van der Waals surface area contributed by atoms with Gasteiger partial charge < -0.3 is 20.9 Å². The van der Waals surface area contributed by atoms with Gasteiger partial charge in [0.1, 0.15) is 0 Å². The van der Waals surface area contributed by atoms with Crippen LogP contribution in [0.15, 0.2) is 42.9 Å². The SMILES string of the molecule is O=C(NCCN1CCCC1)Nc1ccc(-c2cnc3c(NC4CC4)nccn23)cc1. The summed E-state index contributed by atoms with van der Waals surface area (Å²) in [4.78, 5) is 23.5. The van der Waals surface area contributed by atoms with Crippen molar-refractivity contribution >= 4 is 23.2 Å². The van der Waals surface area contributed by atoms with Crippen molar-refractivity contribution in [1.82, 2.24) is 24.6 Å². The molecule has 0 atom stereocenters. The fourth-order valence-electron chi connectivity index (χ4n) is 3.89. The van der Waals surface area contributed by atoms with Crippen LogP contribution in [-0.2, 0) is 0 Å². The van der Waals surface area contributed by atoms with Gasteiger partial charge in [-0.15, -0.1) is 0 Å². The van der Waals surface area contributed by atoms with Crippen LogP contribution in [-0.4, -0.2) is 57.5 Å². The number of fused-ring (bicyclic) bond motifs is 1. The van der Waals surface area contributed by atoms with Crippen molar-refractivity contribution < 1.29 is 4.79 Å². The molecule has 2 fully saturated rings. The minimum atomic E-state index is -0.168. The molecule has 1 aliphatic carbocycles. The summed E-state index contributed by atoms with van der Waals surface area (Å²) in [6, 6.07) is 8.18. The van der Waals surface area contributed by atoms with E-state index < -0.39 is 0 Å². The van der Waals surface area contributed by atoms with E-state index in [1.807, 2.05) is 41.1 Å². The molecule has 8 nitrogen and oxygen atoms in total. The summed E-state index contributed by atoms with van der Waals surface area (Å²) in [6.07, 6.45) is 10.5. The van der Waals surface area contributed by atoms with Crippen LogP contribution in [0.3, 0.4) is 0 Å². The maximum absolute atomic E-state index is 12.1. The fourth-order valence-corrected chi connectivity index (χ4v) is 3.89. The summed E-state index contributed by atoms with van der Waals surface area (Å²) in [5.41, 5.74) is 3.63. The molecular formula is C22H27N7O. The number of carbonyl (C=O) groups is 1. The number of nitrogens with zero attached hydrogens (tertiary/aromatic N) is 4. The molecular weight excluding hydrogens is 378 g/mol. The molecule has 0 radical (unpaired) electrons. The van der Waals surface area contributed by atoms with Crippen LogP contribution >= 0.6 is 0 Å². The first-order valence-corrected chi connectivity index (χ1v) is 10.7. The summed E-state index contributed by atoms with van der Waals surface area (Å²) in [5, 5.41) is 9.27. The lowest BCUT2D eigenvalue weighted by molar-refractivity contribution is 0.249. The minimum absolute atomic E-state index is 0.168. The van der Waals surface area contributed by atoms with Crippen LogP contribution in [0.25, 0.3) is 16.9 Å². The Hall–Kier alpha value is -3.13. The van der Waals surface area contributed by atoms with Gasteiger partial charge in [0.25, 0.3) is 0 Å². The van der Waals surface area contributed by atoms with E-state index in [-0.39, 0.29) is 6.03 Å². The van der Waals surface area contributed by atoms with Gasteiger partial charge in [-0.3, -0.25) is 4.40 Å². The van der Waals surface area contributed by atoms with Crippen molar-refractivity contribution in [3.8, 4) is 11.3 Å². The van der Waals surface area contributed by atoms with E-state index in [2.05, 4.69) is 30.8 Å². The third-order valence-corrected chi connectivity index (χ3v) is 5.70. The smallest absolute Gasteiger partial charge is 0.319 e. The Kier molecular flexibility index (Phi) is 5.23. The quantitative estimate of drug-likeness (QED) is 0.562. The first-order valence-electron chi connectivity index (χ1n) is 10.7. The Bertz CT molecular complexity index is 1020. The number of hydrogen-bond donors (Lipinski definition) is 3. The molecule has 5 rings (SSSR count). The van der Waals surface area contributed by atoms with Gasteiger partial charge >= 0.3 is 6.03 Å². The number of imidazole rings is 1. The molecule has 1 saturated heterocycles. The van der Waals surface area contributed by atoms with Crippen molar-refractivity contribution in [1.29, 1.82) is 0 Å². The second-order valence-corrected chi connectivity index (χ2v) is 8.04. The molecule has 156 valence electrons. The van der Waals surface area contributed by atoms with E-state index in [9.17, 15) is 4.79 Å². The highest BCUT2D eigenvalue weighted by molar-refractivity contribution is 5.89. The van der Waals surface area contributed by atoms with Gasteiger partial charge in [-0.2, -0.15) is 0 Å². The van der Waals surface area contributed by atoms with Crippen molar-refractivity contribution in [3.63, 3.8) is 0 Å². The summed E-state index contributed by atoms with van der Waals surface area (Å²) >= 11 is 0. The van der Waals surface area contributed by atoms with Crippen LogP contribution in [0.1, 0.15) is 25.7 Å². The third-order valence-electron chi connectivity index (χ3n) is 5.70. The van der Waals surface area contributed by atoms with E-state index in [4.69, 9.17) is 0 Å². The summed E-state index contributed by atoms with van der Waals surface area (Å²) in [6.45, 7) is 3.86. The highest BCUT2D eigenvalue weighted by Gasteiger charge is 2.23. The normalized spacial score (nSPS) is 16.7. The van der Waals surface area contributed by atoms with E-state index in [1.54, 1.807) is 6.20 Å². The number of amides is 2. The van der Waals surface area contributed by atoms with Gasteiger partial charge in [-0.25, -0.2) is 14.8 Å². The van der Waals surface area contributed by atoms with Crippen molar-refractivity contribution in [2.75, 3.05) is 36.8 Å². The zero-order valence-electron chi connectivity index (χ0n) is 17.0. The average Bonchev–Trinajstić information content (AvgIpc) is 3.24. The lowest BCUT2D eigenvalue weighted by Crippen LogP contribution is -2.35. The maximum Gasteiger partial charge on any atom is 0.319 e. The van der Waals surface area contributed by atoms with Crippen LogP contribution in [0.5, 0.6) is 0 Å². The number of anilines is 2. The van der Waals surface area contributed by atoms with E-state index >= 15 is 0 Å². The second kappa shape index (κ2) is 8.31. The topological polar surface area (TPSA) is 86.6 Å². The minimum Gasteiger partial charge on any atom is -0.364 e. The fraction of sp³-hybridized carbons (Fsp3) is 0.409. The zero-order valence-corrected chi connectivity index (χ0v) is 17.0. The van der Waals surface area contributed by atoms with Gasteiger partial charge in [-0.05, 0) is 50.9 Å². The lowest BCUT2D eigenvalue weighted by atomic mass is 10.1. The molecule has 2 aromatic heterocycles. The number of rotatable bonds is 7. The molecule has 0 unspecified atom stereocenters. The molecule has 0 bridgehead atoms. The molecule has 1 saturated carbocycles. The summed E-state index contributed by atoms with van der Waals surface area (Å²) in [7, 11) is 0. The molecule has 3 N–H and O–H groups in total. The van der Waals surface area contributed by atoms with Gasteiger partial charge in [0, 0.05) is 42.8 Å². The largest absolute Gasteiger partial charge is 0.364 e. The zero-order chi connectivity index (χ0) is 20.3. The Morgan fingerprint density at radius 1 is 1.10 bits per heavy atom. The molecule has 1 aromatic carbocycles. The Morgan fingerprint density at radius 3 is 2.67 bits per heavy atom. The first kappa shape index (κ1) is 18.9. The second-order valence-electron chi connectivity index (χ2n) is 8.04. The Morgan fingerprint density at radius 2 is 1.90 bits per heavy atom. The van der Waals surface area contributed by atoms with Gasteiger partial charge in [-0.1, -0.05) is 12.1 Å². The predicted octanol–water partition coefficient (Wildman–Crippen LogP) is 3.19. The lowest BCUT2D eigenvalue weighted by Gasteiger charge is -2.15. The number of nitrogens with one attached hydrogen (secondary N) is 3. The Balaban J connectivity index is 1.22. The molecule has 8 heteroatoms. The average molecular weight is 406 g/mol. The van der Waals surface area contributed by atoms with Crippen molar-refractivity contribution in [3.05, 3.63) is 42.9 Å². The van der Waals surface area contributed by atoms with Crippen LogP contribution < -0.4 is 16.0 Å². The number of urea groups is 1. The number of aromatic nitrogens is 3. The Labute approximate surface area is 175 Å². The van der Waals surface area contributed by atoms with E-state index in [0.29, 0.717) is 12.6 Å². The maximum atomic E-state index is 12.1. The number of hydrogen-bond acceptors (Lipinski definition) is 5. The van der Waals surface area contributed by atoms with Crippen LogP contribution in [0, 0.1) is 0 Å². The molecule has 3 heterocycles. The summed E-state index contributed by atoms with van der Waals surface area (Å²) in [5.74, 6) is 0.829. The monoisotopic (exact) mass is 405 g/mol. The number of carbonyl (C=O) groups excluding carboxylic acids is 1. The highest BCUT2D eigenvalue weighted by Crippen LogP contribution is 2.28. The van der Waals surface area contributed by atoms with Gasteiger partial charge in [0.05, 0.1) is 11.9 Å². The van der Waals surface area contributed by atoms with Crippen LogP contribution in [0.2, 0.25) is 0 Å². The first-order chi connectivity index (χ1) is 14.8. The van der Waals surface area contributed by atoms with Crippen molar-refractivity contribution in [2.45, 2.75) is 31.7 Å². The third kappa shape index (κ3) is 4.23. The van der Waals surface area contributed by atoms with E-state index in [1.165, 1.54) is 25.7 Å². The predicted molar refractivity (Wildman–Crippen MR) is 118 cm³/mol. The molecule has 0 spiro atoms. The van der Waals surface area contributed by atoms with Gasteiger partial charge in [0.2, 0.25) is 0 Å². The summed E-state index contributed by atoms with van der Waals surface area (Å²) < 4.78 is 2.05. The highest BCUT2D eigenvalue weighted by atomic mass is 16.2. The van der Waals surface area contributed by atoms with Crippen LogP contribution in [0.4, 0.5) is 16.3 Å². The molecule has 1 aliphatic heterocycles. The number of likely N-dealkylation sites (tertiary alicyclic amines) is 1. The molecule has 2 amide bonds. The van der Waals surface area contributed by atoms with Crippen molar-refractivity contribution in [2.24, 2.45) is 0 Å². The molecule has 3 aromatic rings. The molecule has 2 aliphatic rings. The van der Waals surface area contributed by atoms with Gasteiger partial charge in [0.15, 0.2) is 11.5 Å². The number of benzene rings is 1. The standard InChI is InChI=1S/C22H27N7O/c30-22(24-9-13-28-11-1-2-12-28)27-18-5-3-16(4-6-18)19-15-25-21-20(26-17-7-8-17)23-10-14-29(19)21/h3-6,10,14-15,17H,1-2,7-9,11-13H2,(H,23,26)(H2,24,27,30). The molecule has 30 heavy (non-hydrogen) atoms.